The quantitative estimate of drug-likeness (QED) is 0.794. The second-order valence-electron chi connectivity index (χ2n) is 8.35. The molecular weight excluding hydrogens is 389 g/mol. The molecule has 9 heteroatoms. The van der Waals surface area contributed by atoms with Crippen molar-refractivity contribution in [3.05, 3.63) is 24.0 Å². The fraction of sp³-hybridized carbons (Fsp3) is 0.650. The van der Waals surface area contributed by atoms with Crippen LogP contribution in [0.2, 0.25) is 0 Å². The van der Waals surface area contributed by atoms with Gasteiger partial charge in [-0.2, -0.15) is 13.2 Å². The fourth-order valence-corrected chi connectivity index (χ4v) is 4.18. The topological polar surface area (TPSA) is 79.7 Å². The molecule has 2 heterocycles. The van der Waals surface area contributed by atoms with Crippen molar-refractivity contribution in [3.8, 4) is 5.75 Å². The Bertz CT molecular complexity index is 762. The molecule has 3 rings (SSSR count). The van der Waals surface area contributed by atoms with Gasteiger partial charge < -0.3 is 14.7 Å². The third kappa shape index (κ3) is 5.00. The molecule has 1 atom stereocenters. The van der Waals surface area contributed by atoms with Crippen LogP contribution in [0.1, 0.15) is 49.5 Å². The SMILES string of the molecule is CC1(COc2cccnc2C(=O)O)CCN(C(=O)C2CCC(C(F)(F)F)CC2)C1. The number of carbonyl (C=O) groups excluding carboxylic acids is 1. The smallest absolute Gasteiger partial charge is 0.391 e. The molecule has 0 aromatic carbocycles. The van der Waals surface area contributed by atoms with E-state index in [4.69, 9.17) is 4.74 Å². The first-order valence-corrected chi connectivity index (χ1v) is 9.76. The Hall–Kier alpha value is -2.32. The van der Waals surface area contributed by atoms with Crippen LogP contribution < -0.4 is 4.74 Å². The highest BCUT2D eigenvalue weighted by molar-refractivity contribution is 5.88. The highest BCUT2D eigenvalue weighted by Crippen LogP contribution is 2.41. The molecule has 29 heavy (non-hydrogen) atoms. The van der Waals surface area contributed by atoms with Crippen LogP contribution in [0.3, 0.4) is 0 Å². The van der Waals surface area contributed by atoms with Crippen LogP contribution in [0.4, 0.5) is 13.2 Å². The summed E-state index contributed by atoms with van der Waals surface area (Å²) < 4.78 is 44.2. The van der Waals surface area contributed by atoms with Crippen LogP contribution in [0.25, 0.3) is 0 Å². The van der Waals surface area contributed by atoms with Gasteiger partial charge in [0.25, 0.3) is 0 Å². The lowest BCUT2D eigenvalue weighted by Crippen LogP contribution is -2.39. The number of hydrogen-bond acceptors (Lipinski definition) is 4. The number of halogens is 3. The van der Waals surface area contributed by atoms with Crippen molar-refractivity contribution in [2.45, 2.75) is 45.2 Å². The second-order valence-corrected chi connectivity index (χ2v) is 8.35. The summed E-state index contributed by atoms with van der Waals surface area (Å²) in [4.78, 5) is 29.5. The standard InChI is InChI=1S/C20H25F3N2O4/c1-19(12-29-15-3-2-9-24-16(15)18(27)28)8-10-25(11-19)17(26)13-4-6-14(7-5-13)20(21,22)23/h2-3,9,13-14H,4-8,10-12H2,1H3,(H,27,28). The first-order valence-electron chi connectivity index (χ1n) is 9.76. The van der Waals surface area contributed by atoms with Crippen LogP contribution in [-0.2, 0) is 4.79 Å². The summed E-state index contributed by atoms with van der Waals surface area (Å²) in [5, 5.41) is 9.18. The van der Waals surface area contributed by atoms with Crippen molar-refractivity contribution in [1.29, 1.82) is 0 Å². The molecule has 0 bridgehead atoms. The molecular formula is C20H25F3N2O4. The Kier molecular flexibility index (Phi) is 6.05. The highest BCUT2D eigenvalue weighted by Gasteiger charge is 2.44. The number of carbonyl (C=O) groups is 2. The summed E-state index contributed by atoms with van der Waals surface area (Å²) in [7, 11) is 0. The first kappa shape index (κ1) is 21.4. The lowest BCUT2D eigenvalue weighted by molar-refractivity contribution is -0.185. The average Bonchev–Trinajstić information content (AvgIpc) is 3.08. The molecule has 6 nitrogen and oxygen atoms in total. The summed E-state index contributed by atoms with van der Waals surface area (Å²) in [5.41, 5.74) is -0.520. The molecule has 1 saturated heterocycles. The van der Waals surface area contributed by atoms with Crippen molar-refractivity contribution in [2.75, 3.05) is 19.7 Å². The van der Waals surface area contributed by atoms with Gasteiger partial charge in [-0.1, -0.05) is 6.92 Å². The lowest BCUT2D eigenvalue weighted by atomic mass is 9.81. The normalized spacial score (nSPS) is 27.7. The third-order valence-electron chi connectivity index (χ3n) is 5.96. The number of carboxylic acids is 1. The van der Waals surface area contributed by atoms with Crippen molar-refractivity contribution < 1.29 is 32.6 Å². The maximum Gasteiger partial charge on any atom is 0.391 e. The van der Waals surface area contributed by atoms with Gasteiger partial charge in [0.05, 0.1) is 12.5 Å². The zero-order chi connectivity index (χ0) is 21.2. The van der Waals surface area contributed by atoms with Gasteiger partial charge in [-0.25, -0.2) is 9.78 Å². The molecule has 2 aliphatic rings. The van der Waals surface area contributed by atoms with Crippen molar-refractivity contribution in [3.63, 3.8) is 0 Å². The van der Waals surface area contributed by atoms with Gasteiger partial charge in [0.1, 0.15) is 0 Å². The number of aromatic nitrogens is 1. The molecule has 160 valence electrons. The van der Waals surface area contributed by atoms with Crippen LogP contribution in [0, 0.1) is 17.3 Å². The molecule has 1 saturated carbocycles. The molecule has 1 aromatic rings. The molecule has 1 aliphatic carbocycles. The van der Waals surface area contributed by atoms with Crippen LogP contribution in [0.15, 0.2) is 18.3 Å². The predicted octanol–water partition coefficient (Wildman–Crippen LogP) is 3.77. The van der Waals surface area contributed by atoms with Gasteiger partial charge in [-0.05, 0) is 44.2 Å². The zero-order valence-electron chi connectivity index (χ0n) is 16.2. The van der Waals surface area contributed by atoms with Crippen LogP contribution in [-0.4, -0.2) is 52.7 Å². The van der Waals surface area contributed by atoms with E-state index in [9.17, 15) is 27.9 Å². The molecule has 1 aliphatic heterocycles. The van der Waals surface area contributed by atoms with Crippen molar-refractivity contribution >= 4 is 11.9 Å². The van der Waals surface area contributed by atoms with Gasteiger partial charge >= 0.3 is 12.1 Å². The minimum absolute atomic E-state index is 0.00704. The maximum atomic E-state index is 12.8. The number of nitrogens with zero attached hydrogens (tertiary/aromatic N) is 2. The average molecular weight is 414 g/mol. The molecule has 1 unspecified atom stereocenters. The number of pyridine rings is 1. The summed E-state index contributed by atoms with van der Waals surface area (Å²) >= 11 is 0. The fourth-order valence-electron chi connectivity index (χ4n) is 4.18. The molecule has 1 amide bonds. The Morgan fingerprint density at radius 1 is 1.31 bits per heavy atom. The molecule has 0 spiro atoms. The number of hydrogen-bond donors (Lipinski definition) is 1. The highest BCUT2D eigenvalue weighted by atomic mass is 19.4. The van der Waals surface area contributed by atoms with Gasteiger partial charge in [0.2, 0.25) is 5.91 Å². The van der Waals surface area contributed by atoms with E-state index in [2.05, 4.69) is 4.98 Å². The van der Waals surface area contributed by atoms with Crippen molar-refractivity contribution in [2.24, 2.45) is 17.3 Å². The minimum atomic E-state index is -4.18. The van der Waals surface area contributed by atoms with Crippen LogP contribution >= 0.6 is 0 Å². The maximum absolute atomic E-state index is 12.8. The van der Waals surface area contributed by atoms with Gasteiger partial charge in [0, 0.05) is 30.6 Å². The molecule has 1 N–H and O–H groups in total. The summed E-state index contributed by atoms with van der Waals surface area (Å²) in [5.74, 6) is -2.73. The number of amides is 1. The summed E-state index contributed by atoms with van der Waals surface area (Å²) in [6.45, 7) is 3.14. The van der Waals surface area contributed by atoms with E-state index in [0.29, 0.717) is 19.5 Å². The lowest BCUT2D eigenvalue weighted by Gasteiger charge is -2.32. The summed E-state index contributed by atoms with van der Waals surface area (Å²) in [6, 6.07) is 3.13. The number of carboxylic acid groups (broad SMARTS) is 1. The van der Waals surface area contributed by atoms with Crippen LogP contribution in [0.5, 0.6) is 5.75 Å². The van der Waals surface area contributed by atoms with E-state index < -0.39 is 18.1 Å². The molecule has 0 radical (unpaired) electrons. The number of aromatic carboxylic acids is 1. The Morgan fingerprint density at radius 2 is 2.00 bits per heavy atom. The first-order chi connectivity index (χ1) is 13.6. The Morgan fingerprint density at radius 3 is 2.62 bits per heavy atom. The molecule has 2 fully saturated rings. The van der Waals surface area contributed by atoms with E-state index >= 15 is 0 Å². The third-order valence-corrected chi connectivity index (χ3v) is 5.96. The van der Waals surface area contributed by atoms with E-state index in [1.165, 1.54) is 12.3 Å². The number of ether oxygens (including phenoxy) is 1. The predicted molar refractivity (Wildman–Crippen MR) is 97.5 cm³/mol. The van der Waals surface area contributed by atoms with Gasteiger partial charge in [0.15, 0.2) is 11.4 Å². The van der Waals surface area contributed by atoms with E-state index in [1.54, 1.807) is 11.0 Å². The van der Waals surface area contributed by atoms with E-state index in [1.807, 2.05) is 6.92 Å². The Labute approximate surface area is 167 Å². The van der Waals surface area contributed by atoms with E-state index in [-0.39, 0.29) is 61.0 Å². The monoisotopic (exact) mass is 414 g/mol. The number of alkyl halides is 3. The number of likely N-dealkylation sites (tertiary alicyclic amines) is 1. The zero-order valence-corrected chi connectivity index (χ0v) is 16.2. The Balaban J connectivity index is 1.54. The molecule has 1 aromatic heterocycles. The second kappa shape index (κ2) is 8.20. The van der Waals surface area contributed by atoms with Gasteiger partial charge in [-0.3, -0.25) is 4.79 Å². The van der Waals surface area contributed by atoms with Crippen molar-refractivity contribution in [1.82, 2.24) is 9.88 Å². The van der Waals surface area contributed by atoms with E-state index in [0.717, 1.165) is 0 Å². The summed E-state index contributed by atoms with van der Waals surface area (Å²) in [6.07, 6.45) is -1.57. The largest absolute Gasteiger partial charge is 0.490 e. The minimum Gasteiger partial charge on any atom is -0.490 e. The number of rotatable bonds is 5. The van der Waals surface area contributed by atoms with Gasteiger partial charge in [-0.15, -0.1) is 0 Å².